The van der Waals surface area contributed by atoms with Crippen molar-refractivity contribution in [1.82, 2.24) is 25.0 Å². The van der Waals surface area contributed by atoms with E-state index in [9.17, 15) is 0 Å². The second-order valence-corrected chi connectivity index (χ2v) is 13.0. The zero-order chi connectivity index (χ0) is 28.6. The van der Waals surface area contributed by atoms with Gasteiger partial charge in [-0.3, -0.25) is 4.98 Å². The monoisotopic (exact) mass is 741 g/mol. The molecule has 1 aliphatic heterocycles. The van der Waals surface area contributed by atoms with E-state index < -0.39 is 17.8 Å². The lowest BCUT2D eigenvalue weighted by atomic mass is 10.1. The van der Waals surface area contributed by atoms with Crippen LogP contribution in [0.2, 0.25) is 5.15 Å². The highest BCUT2D eigenvalue weighted by Gasteiger charge is 2.35. The number of hydrogen-bond donors (Lipinski definition) is 0. The molecule has 0 N–H and O–H groups in total. The molecule has 4 heterocycles. The molecule has 3 aromatic heterocycles. The van der Waals surface area contributed by atoms with Crippen molar-refractivity contribution in [2.45, 2.75) is 48.4 Å². The number of halogens is 2. The molecule has 214 valence electrons. The first-order valence-corrected chi connectivity index (χ1v) is 17.9. The molecule has 0 radical (unpaired) electrons. The number of methoxy groups -OCH3 is 1. The molecule has 9 nitrogen and oxygen atoms in total. The summed E-state index contributed by atoms with van der Waals surface area (Å²) in [6, 6.07) is 11.9. The highest BCUT2D eigenvalue weighted by molar-refractivity contribution is 14.2. The van der Waals surface area contributed by atoms with Crippen LogP contribution in [0.3, 0.4) is 0 Å². The molecule has 1 aromatic carbocycles. The van der Waals surface area contributed by atoms with Gasteiger partial charge in [-0.2, -0.15) is 0 Å². The van der Waals surface area contributed by atoms with Crippen LogP contribution >= 0.6 is 64.8 Å². The fourth-order valence-corrected chi connectivity index (χ4v) is 6.53. The normalized spacial score (nSPS) is 20.2. The van der Waals surface area contributed by atoms with Crippen molar-refractivity contribution in [3.05, 3.63) is 76.6 Å². The van der Waals surface area contributed by atoms with Crippen LogP contribution in [-0.2, 0) is 25.5 Å². The van der Waals surface area contributed by atoms with Gasteiger partial charge in [0, 0.05) is 62.1 Å². The summed E-state index contributed by atoms with van der Waals surface area (Å²) in [6.07, 6.45) is 3.94. The van der Waals surface area contributed by atoms with Gasteiger partial charge in [-0.1, -0.05) is 64.8 Å². The second-order valence-electron chi connectivity index (χ2n) is 8.87. The van der Waals surface area contributed by atoms with Crippen LogP contribution in [0.25, 0.3) is 10.7 Å². The number of hydrogen-bond acceptors (Lipinski definition) is 11. The first kappa shape index (κ1) is 30.7. The minimum atomic E-state index is -0.459. The third-order valence-corrected chi connectivity index (χ3v) is 9.23. The van der Waals surface area contributed by atoms with Crippen molar-refractivity contribution < 1.29 is 18.9 Å². The van der Waals surface area contributed by atoms with E-state index in [4.69, 9.17) is 30.5 Å². The van der Waals surface area contributed by atoms with Gasteiger partial charge in [-0.25, -0.2) is 9.67 Å². The van der Waals surface area contributed by atoms with E-state index in [1.165, 1.54) is 32.0 Å². The summed E-state index contributed by atoms with van der Waals surface area (Å²) in [7, 11) is 3.08. The molecular formula is C27H25ClIN5O4S3. The first-order chi connectivity index (χ1) is 20.0. The average molecular weight is 742 g/mol. The van der Waals surface area contributed by atoms with E-state index in [-0.39, 0.29) is 12.2 Å². The average Bonchev–Trinajstić information content (AvgIpc) is 3.65. The predicted octanol–water partition coefficient (Wildman–Crippen LogP) is 6.49. The van der Waals surface area contributed by atoms with E-state index >= 15 is 0 Å². The van der Waals surface area contributed by atoms with Crippen molar-refractivity contribution in [2.75, 3.05) is 13.7 Å². The van der Waals surface area contributed by atoms with Crippen LogP contribution in [0.5, 0.6) is 0 Å². The Balaban J connectivity index is 1.34. The van der Waals surface area contributed by atoms with Gasteiger partial charge in [0.25, 0.3) is 0 Å². The minimum Gasteiger partial charge on any atom is -0.376 e. The minimum absolute atomic E-state index is 0.224. The maximum atomic E-state index is 6.66. The summed E-state index contributed by atoms with van der Waals surface area (Å²) in [5, 5.41) is 14.5. The van der Waals surface area contributed by atoms with E-state index in [1.807, 2.05) is 49.5 Å². The van der Waals surface area contributed by atoms with Gasteiger partial charge in [0.1, 0.15) is 33.5 Å². The molecule has 0 amide bonds. The van der Waals surface area contributed by atoms with Gasteiger partial charge in [0.15, 0.2) is 6.29 Å². The molecule has 5 atom stereocenters. The molecule has 0 saturated carbocycles. The Morgan fingerprint density at radius 2 is 2.15 bits per heavy atom. The Morgan fingerprint density at radius 3 is 2.88 bits per heavy atom. The third-order valence-electron chi connectivity index (χ3n) is 6.06. The molecule has 41 heavy (non-hydrogen) atoms. The zero-order valence-electron chi connectivity index (χ0n) is 21.9. The van der Waals surface area contributed by atoms with Crippen LogP contribution in [-0.4, -0.2) is 62.4 Å². The summed E-state index contributed by atoms with van der Waals surface area (Å²) in [5.41, 5.74) is 1.97. The number of pyridine rings is 1. The number of thiazole rings is 1. The second kappa shape index (κ2) is 15.1. The van der Waals surface area contributed by atoms with Gasteiger partial charge in [-0.15, -0.1) is 16.4 Å². The van der Waals surface area contributed by atoms with E-state index in [0.717, 1.165) is 16.0 Å². The lowest BCUT2D eigenvalue weighted by molar-refractivity contribution is -0.267. The fourth-order valence-electron chi connectivity index (χ4n) is 4.02. The standard InChI is InChI=1S/C27H25ClIN5O4S3/c1-17-23(15-36-26(37-17)19-6-4-3-5-7-19)38-27(41-20-10-18(8-9-40-29)11-30-12-20)22(35-2)14-34-13-21(32-33-34)25-31-24(28)16-39-25/h3-7,10-13,16-17,22-23,26-27H,14-15H2,1-2H3/t17-,22+,23?,26?,27?/m1/s1. The number of rotatable bonds is 10. The van der Waals surface area contributed by atoms with Gasteiger partial charge in [-0.05, 0) is 27.2 Å². The Bertz CT molecular complexity index is 1480. The summed E-state index contributed by atoms with van der Waals surface area (Å²) in [5.74, 6) is 3.10. The van der Waals surface area contributed by atoms with E-state index in [2.05, 4.69) is 52.7 Å². The summed E-state index contributed by atoms with van der Waals surface area (Å²) in [6.45, 7) is 2.74. The Hall–Kier alpha value is -1.74. The van der Waals surface area contributed by atoms with Crippen molar-refractivity contribution in [2.24, 2.45) is 0 Å². The van der Waals surface area contributed by atoms with E-state index in [1.54, 1.807) is 29.6 Å². The van der Waals surface area contributed by atoms with Crippen molar-refractivity contribution >= 4 is 64.8 Å². The highest BCUT2D eigenvalue weighted by Crippen LogP contribution is 2.34. The molecular weight excluding hydrogens is 717 g/mol. The Morgan fingerprint density at radius 1 is 1.29 bits per heavy atom. The van der Waals surface area contributed by atoms with Gasteiger partial charge in [0.2, 0.25) is 0 Å². The first-order valence-electron chi connectivity index (χ1n) is 12.4. The van der Waals surface area contributed by atoms with Gasteiger partial charge < -0.3 is 18.9 Å². The molecule has 1 fully saturated rings. The molecule has 14 heteroatoms. The Labute approximate surface area is 267 Å². The smallest absolute Gasteiger partial charge is 0.184 e. The lowest BCUT2D eigenvalue weighted by Gasteiger charge is -2.37. The quantitative estimate of drug-likeness (QED) is 0.0777. The fraction of sp³-hybridized carbons (Fsp3) is 0.333. The molecule has 5 rings (SSSR count). The van der Waals surface area contributed by atoms with Crippen molar-refractivity contribution in [3.63, 3.8) is 0 Å². The SMILES string of the molecule is CO[C@@H](Cn1cc(-c2nc(Cl)cs2)nn1)C(OC1COC(c2ccccc2)O[C@@H]1C)Sc1cncc(C#CSI)c1. The number of ether oxygens (including phenoxy) is 4. The molecule has 0 bridgehead atoms. The largest absolute Gasteiger partial charge is 0.376 e. The molecule has 1 saturated heterocycles. The maximum Gasteiger partial charge on any atom is 0.184 e. The zero-order valence-corrected chi connectivity index (χ0v) is 27.3. The van der Waals surface area contributed by atoms with Crippen LogP contribution in [0.4, 0.5) is 0 Å². The molecule has 4 aromatic rings. The number of thioether (sulfide) groups is 1. The highest BCUT2D eigenvalue weighted by atomic mass is 127. The van der Waals surface area contributed by atoms with Crippen molar-refractivity contribution in [3.8, 4) is 21.9 Å². The molecule has 3 unspecified atom stereocenters. The molecule has 0 aliphatic carbocycles. The molecule has 0 spiro atoms. The van der Waals surface area contributed by atoms with E-state index in [0.29, 0.717) is 29.0 Å². The summed E-state index contributed by atoms with van der Waals surface area (Å²) in [4.78, 5) is 9.56. The maximum absolute atomic E-state index is 6.66. The third kappa shape index (κ3) is 8.43. The summed E-state index contributed by atoms with van der Waals surface area (Å²) >= 11 is 11.1. The lowest BCUT2D eigenvalue weighted by Crippen LogP contribution is -2.45. The molecule has 1 aliphatic rings. The van der Waals surface area contributed by atoms with Crippen molar-refractivity contribution in [1.29, 1.82) is 0 Å². The topological polar surface area (TPSA) is 93.4 Å². The Kier molecular flexibility index (Phi) is 11.3. The van der Waals surface area contributed by atoms with Crippen LogP contribution in [0.15, 0.2) is 65.3 Å². The number of nitrogens with zero attached hydrogens (tertiary/aromatic N) is 5. The predicted molar refractivity (Wildman–Crippen MR) is 170 cm³/mol. The van der Waals surface area contributed by atoms with Crippen LogP contribution in [0.1, 0.15) is 24.3 Å². The van der Waals surface area contributed by atoms with Crippen LogP contribution in [0, 0.1) is 11.2 Å². The number of aromatic nitrogens is 5. The van der Waals surface area contributed by atoms with Crippen LogP contribution < -0.4 is 0 Å². The van der Waals surface area contributed by atoms with Gasteiger partial charge in [0.05, 0.1) is 25.5 Å². The van der Waals surface area contributed by atoms with Gasteiger partial charge >= 0.3 is 0 Å². The summed E-state index contributed by atoms with van der Waals surface area (Å²) < 4.78 is 26.6. The number of benzene rings is 1.